The second kappa shape index (κ2) is 10.8. The number of aliphatic hydroxyl groups is 1. The van der Waals surface area contributed by atoms with Crippen LogP contribution in [0.3, 0.4) is 0 Å². The molecule has 178 valence electrons. The number of likely N-dealkylation sites (tertiary alicyclic amines) is 1. The Morgan fingerprint density at radius 2 is 1.97 bits per heavy atom. The fraction of sp³-hybridized carbons (Fsp3) is 0.435. The van der Waals surface area contributed by atoms with Gasteiger partial charge in [0, 0.05) is 12.3 Å². The number of hydrogen-bond donors (Lipinski definition) is 3. The molecule has 1 aliphatic carbocycles. The number of likely N-dealkylation sites (N-methyl/N-ethyl adjacent to an activating group) is 1. The molecule has 1 saturated heterocycles. The van der Waals surface area contributed by atoms with E-state index < -0.39 is 0 Å². The number of quaternary nitrogens is 1. The van der Waals surface area contributed by atoms with Crippen LogP contribution in [0, 0.1) is 5.41 Å². The van der Waals surface area contributed by atoms with Gasteiger partial charge in [-0.15, -0.1) is 5.10 Å². The second-order valence-corrected chi connectivity index (χ2v) is 8.47. The van der Waals surface area contributed by atoms with Crippen LogP contribution in [-0.4, -0.2) is 77.1 Å². The first-order valence-corrected chi connectivity index (χ1v) is 11.0. The summed E-state index contributed by atoms with van der Waals surface area (Å²) in [6, 6.07) is 5.73. The molecule has 10 heteroatoms. The van der Waals surface area contributed by atoms with E-state index in [1.54, 1.807) is 10.6 Å². The number of allylic oxidation sites excluding steroid dienone is 2. The molecule has 0 radical (unpaired) electrons. The number of pyridine rings is 1. The predicted molar refractivity (Wildman–Crippen MR) is 124 cm³/mol. The smallest absolute Gasteiger partial charge is 0.260 e. The molecule has 2 aromatic heterocycles. The van der Waals surface area contributed by atoms with Gasteiger partial charge in [0.25, 0.3) is 5.88 Å². The third-order valence-corrected chi connectivity index (χ3v) is 5.96. The van der Waals surface area contributed by atoms with Crippen LogP contribution in [-0.2, 0) is 4.74 Å². The lowest BCUT2D eigenvalue weighted by molar-refractivity contribution is -0.914. The first-order chi connectivity index (χ1) is 15.5. The first kappa shape index (κ1) is 24.8. The zero-order valence-corrected chi connectivity index (χ0v) is 19.6. The predicted octanol–water partition coefficient (Wildman–Crippen LogP) is -0.811. The number of nitrogens with one attached hydrogen (secondary N) is 1. The van der Waals surface area contributed by atoms with Crippen molar-refractivity contribution in [3.63, 3.8) is 0 Å². The van der Waals surface area contributed by atoms with E-state index in [4.69, 9.17) is 30.7 Å². The standard InChI is InChI=1S/C23H31N6O3.ClH/c1-29(9-5-2-6-10-29)11-13-32-23-22(20-7-3-4-8-28(20)27-23)26-19-16-21(31-14-12-30)18(25)15-17(19)24;/h3-4,7-8,15-16,24,30H,2,5-6,9-14,25H2,1H3;1H/q+1;/p-1. The van der Waals surface area contributed by atoms with Crippen LogP contribution >= 0.6 is 0 Å². The van der Waals surface area contributed by atoms with Gasteiger partial charge >= 0.3 is 0 Å². The SMILES string of the molecule is C[N+]1(CCOc2nn3ccccc3c2N=C2C=C(OCCO)C(N)=CC2=N)CCCCC1.[Cl-]. The number of aromatic nitrogens is 2. The van der Waals surface area contributed by atoms with Crippen molar-refractivity contribution in [2.24, 2.45) is 10.7 Å². The maximum absolute atomic E-state index is 9.04. The number of fused-ring (bicyclic) bond motifs is 1. The highest BCUT2D eigenvalue weighted by Gasteiger charge is 2.25. The second-order valence-electron chi connectivity index (χ2n) is 8.47. The fourth-order valence-corrected chi connectivity index (χ4v) is 4.11. The topological polar surface area (TPSA) is 118 Å². The lowest BCUT2D eigenvalue weighted by Gasteiger charge is -2.37. The number of nitrogens with two attached hydrogens (primary N) is 1. The van der Waals surface area contributed by atoms with Crippen molar-refractivity contribution in [2.75, 3.05) is 46.5 Å². The molecule has 0 aromatic carbocycles. The van der Waals surface area contributed by atoms with Crippen LogP contribution in [0.25, 0.3) is 5.52 Å². The summed E-state index contributed by atoms with van der Waals surface area (Å²) in [6.07, 6.45) is 8.79. The molecule has 0 spiro atoms. The minimum atomic E-state index is -0.127. The number of piperidine rings is 1. The molecule has 0 saturated carbocycles. The Morgan fingerprint density at radius 3 is 2.73 bits per heavy atom. The van der Waals surface area contributed by atoms with E-state index in [1.807, 2.05) is 24.4 Å². The van der Waals surface area contributed by atoms with Gasteiger partial charge in [0.05, 0.1) is 49.4 Å². The zero-order chi connectivity index (χ0) is 22.6. The highest BCUT2D eigenvalue weighted by Crippen LogP contribution is 2.33. The average molecular weight is 475 g/mol. The lowest BCUT2D eigenvalue weighted by Crippen LogP contribution is -3.00. The van der Waals surface area contributed by atoms with Gasteiger partial charge in [0.1, 0.15) is 25.5 Å². The van der Waals surface area contributed by atoms with Gasteiger partial charge in [0.2, 0.25) is 0 Å². The van der Waals surface area contributed by atoms with Crippen LogP contribution in [0.5, 0.6) is 5.88 Å². The summed E-state index contributed by atoms with van der Waals surface area (Å²) in [6.45, 7) is 3.80. The third kappa shape index (κ3) is 5.73. The Morgan fingerprint density at radius 1 is 1.18 bits per heavy atom. The van der Waals surface area contributed by atoms with E-state index >= 15 is 0 Å². The molecule has 4 rings (SSSR count). The molecule has 4 N–H and O–H groups in total. The summed E-state index contributed by atoms with van der Waals surface area (Å²) in [4.78, 5) is 4.72. The van der Waals surface area contributed by atoms with E-state index in [-0.39, 0.29) is 31.3 Å². The normalized spacial score (nSPS) is 19.1. The van der Waals surface area contributed by atoms with Crippen molar-refractivity contribution in [2.45, 2.75) is 19.3 Å². The molecule has 0 bridgehead atoms. The molecule has 1 aliphatic heterocycles. The van der Waals surface area contributed by atoms with Gasteiger partial charge in [-0.25, -0.2) is 9.51 Å². The molecule has 33 heavy (non-hydrogen) atoms. The van der Waals surface area contributed by atoms with Gasteiger partial charge in [-0.05, 0) is 37.5 Å². The molecule has 0 amide bonds. The molecular weight excluding hydrogens is 444 g/mol. The van der Waals surface area contributed by atoms with Crippen molar-refractivity contribution >= 4 is 22.6 Å². The Labute approximate surface area is 199 Å². The number of halogens is 1. The van der Waals surface area contributed by atoms with Gasteiger partial charge in [-0.3, -0.25) is 5.41 Å². The Hall–Kier alpha value is -2.88. The minimum absolute atomic E-state index is 0. The number of aliphatic imine (C=N–C) groups is 1. The van der Waals surface area contributed by atoms with Crippen LogP contribution in [0.2, 0.25) is 0 Å². The van der Waals surface area contributed by atoms with Gasteiger partial charge < -0.3 is 37.2 Å². The maximum Gasteiger partial charge on any atom is 0.260 e. The molecule has 0 atom stereocenters. The highest BCUT2D eigenvalue weighted by atomic mass is 35.5. The molecule has 0 unspecified atom stereocenters. The summed E-state index contributed by atoms with van der Waals surface area (Å²) in [5.41, 5.74) is 8.22. The Kier molecular flexibility index (Phi) is 8.12. The Balaban J connectivity index is 0.00000306. The summed E-state index contributed by atoms with van der Waals surface area (Å²) < 4.78 is 14.4. The van der Waals surface area contributed by atoms with E-state index in [0.717, 1.165) is 16.5 Å². The van der Waals surface area contributed by atoms with Gasteiger partial charge in [0.15, 0.2) is 5.69 Å². The molecule has 9 nitrogen and oxygen atoms in total. The summed E-state index contributed by atoms with van der Waals surface area (Å²) in [7, 11) is 2.28. The van der Waals surface area contributed by atoms with E-state index in [9.17, 15) is 0 Å². The van der Waals surface area contributed by atoms with Gasteiger partial charge in [-0.1, -0.05) is 6.07 Å². The molecule has 1 fully saturated rings. The van der Waals surface area contributed by atoms with Crippen LogP contribution < -0.4 is 22.9 Å². The van der Waals surface area contributed by atoms with Crippen molar-refractivity contribution in [1.82, 2.24) is 9.61 Å². The maximum atomic E-state index is 9.04. The summed E-state index contributed by atoms with van der Waals surface area (Å²) in [5.74, 6) is 0.823. The summed E-state index contributed by atoms with van der Waals surface area (Å²) >= 11 is 0. The monoisotopic (exact) mass is 474 g/mol. The molecule has 2 aromatic rings. The van der Waals surface area contributed by atoms with Crippen LogP contribution in [0.15, 0.2) is 53.0 Å². The molecular formula is C23H31ClN6O3. The van der Waals surface area contributed by atoms with Crippen molar-refractivity contribution in [3.05, 3.63) is 48.0 Å². The number of nitrogens with zero attached hydrogens (tertiary/aromatic N) is 4. The summed E-state index contributed by atoms with van der Waals surface area (Å²) in [5, 5.41) is 21.9. The number of ether oxygens (including phenoxy) is 2. The minimum Gasteiger partial charge on any atom is -1.00 e. The largest absolute Gasteiger partial charge is 1.00 e. The third-order valence-electron chi connectivity index (χ3n) is 5.96. The zero-order valence-electron chi connectivity index (χ0n) is 18.8. The number of rotatable bonds is 8. The van der Waals surface area contributed by atoms with Crippen molar-refractivity contribution in [3.8, 4) is 5.88 Å². The van der Waals surface area contributed by atoms with E-state index in [1.165, 1.54) is 38.4 Å². The van der Waals surface area contributed by atoms with E-state index in [0.29, 0.717) is 35.3 Å². The number of aliphatic hydroxyl groups excluding tert-OH is 1. The molecule has 3 heterocycles. The lowest BCUT2D eigenvalue weighted by atomic mass is 10.1. The molecule has 2 aliphatic rings. The van der Waals surface area contributed by atoms with Crippen LogP contribution in [0.4, 0.5) is 5.69 Å². The van der Waals surface area contributed by atoms with E-state index in [2.05, 4.69) is 12.1 Å². The average Bonchev–Trinajstić information content (AvgIpc) is 3.12. The van der Waals surface area contributed by atoms with Crippen LogP contribution in [0.1, 0.15) is 19.3 Å². The van der Waals surface area contributed by atoms with Crippen molar-refractivity contribution < 1.29 is 31.5 Å². The highest BCUT2D eigenvalue weighted by molar-refractivity contribution is 6.50. The Bertz CT molecular complexity index is 1090. The van der Waals surface area contributed by atoms with Crippen molar-refractivity contribution in [1.29, 1.82) is 5.41 Å². The quantitative estimate of drug-likeness (QED) is 0.341. The van der Waals surface area contributed by atoms with Gasteiger partial charge in [-0.2, -0.15) is 0 Å². The first-order valence-electron chi connectivity index (χ1n) is 11.0. The number of hydrogen-bond acceptors (Lipinski definition) is 7. The fourth-order valence-electron chi connectivity index (χ4n) is 4.11.